The summed E-state index contributed by atoms with van der Waals surface area (Å²) in [6, 6.07) is 8.14. The van der Waals surface area contributed by atoms with Gasteiger partial charge in [-0.25, -0.2) is 4.98 Å². The summed E-state index contributed by atoms with van der Waals surface area (Å²) in [5, 5.41) is 5.54. The second-order valence-electron chi connectivity index (χ2n) is 5.81. The molecule has 1 aromatic carbocycles. The molecule has 1 unspecified atom stereocenters. The number of nitrogens with zero attached hydrogens (tertiary/aromatic N) is 2. The van der Waals surface area contributed by atoms with Crippen molar-refractivity contribution >= 4 is 40.3 Å². The zero-order valence-electron chi connectivity index (χ0n) is 13.5. The van der Waals surface area contributed by atoms with Gasteiger partial charge >= 0.3 is 0 Å². The number of hydrogen-bond donors (Lipinski definition) is 1. The molecule has 0 saturated carbocycles. The van der Waals surface area contributed by atoms with Gasteiger partial charge in [0.15, 0.2) is 5.78 Å². The van der Waals surface area contributed by atoms with Gasteiger partial charge in [-0.2, -0.15) is 0 Å². The van der Waals surface area contributed by atoms with Crippen LogP contribution in [0.25, 0.3) is 0 Å². The van der Waals surface area contributed by atoms with E-state index in [1.54, 1.807) is 47.3 Å². The third-order valence-electron chi connectivity index (χ3n) is 4.15. The molecule has 26 heavy (non-hydrogen) atoms. The van der Waals surface area contributed by atoms with E-state index in [0.29, 0.717) is 40.2 Å². The van der Waals surface area contributed by atoms with Crippen molar-refractivity contribution in [1.82, 2.24) is 9.55 Å². The van der Waals surface area contributed by atoms with Gasteiger partial charge in [-0.15, -0.1) is 0 Å². The van der Waals surface area contributed by atoms with E-state index in [0.717, 1.165) is 0 Å². The lowest BCUT2D eigenvalue weighted by Gasteiger charge is -2.24. The van der Waals surface area contributed by atoms with E-state index in [4.69, 9.17) is 16.3 Å². The molecule has 4 rings (SSSR count). The van der Waals surface area contributed by atoms with Crippen LogP contribution >= 0.6 is 22.9 Å². The van der Waals surface area contributed by atoms with E-state index in [2.05, 4.69) is 10.3 Å². The molecule has 3 heterocycles. The van der Waals surface area contributed by atoms with Gasteiger partial charge in [-0.05, 0) is 36.8 Å². The Labute approximate surface area is 158 Å². The number of carbonyl (C=O) groups excluding carboxylic acids is 2. The monoisotopic (exact) mass is 387 g/mol. The number of rotatable bonds is 4. The minimum Gasteiger partial charge on any atom is -0.429 e. The number of aromatic nitrogens is 2. The van der Waals surface area contributed by atoms with Crippen molar-refractivity contribution in [2.24, 2.45) is 0 Å². The molecule has 2 aromatic heterocycles. The Morgan fingerprint density at radius 2 is 2.27 bits per heavy atom. The van der Waals surface area contributed by atoms with Crippen LogP contribution in [0.2, 0.25) is 5.02 Å². The Morgan fingerprint density at radius 3 is 3.04 bits per heavy atom. The van der Waals surface area contributed by atoms with Gasteiger partial charge in [0.05, 0.1) is 10.7 Å². The molecule has 0 radical (unpaired) electrons. The van der Waals surface area contributed by atoms with Gasteiger partial charge in [-0.1, -0.05) is 22.9 Å². The maximum absolute atomic E-state index is 12.7. The molecule has 0 saturated heterocycles. The summed E-state index contributed by atoms with van der Waals surface area (Å²) in [5.41, 5.74) is 1.14. The fraction of sp³-hybridized carbons (Fsp3) is 0.167. The standard InChI is InChI=1S/C18H14ClN3O3S/c19-12-10-11(3-6-16(12)25-18-20-7-9-26-18)21-17(24)14-4-5-15(23)13-2-1-8-22(13)14/h1-3,6-10,14H,4-5H2,(H,21,24). The highest BCUT2D eigenvalue weighted by atomic mass is 35.5. The number of hydrogen-bond acceptors (Lipinski definition) is 5. The maximum Gasteiger partial charge on any atom is 0.278 e. The number of nitrogens with one attached hydrogen (secondary N) is 1. The fourth-order valence-corrected chi connectivity index (χ4v) is 3.65. The Morgan fingerprint density at radius 1 is 1.38 bits per heavy atom. The van der Waals surface area contributed by atoms with Crippen LogP contribution in [0.15, 0.2) is 48.1 Å². The Balaban J connectivity index is 1.49. The highest BCUT2D eigenvalue weighted by molar-refractivity contribution is 7.11. The SMILES string of the molecule is O=C1CCC(C(=O)Nc2ccc(Oc3nccs3)c(Cl)c2)n2cccc21. The van der Waals surface area contributed by atoms with E-state index in [1.807, 2.05) is 5.38 Å². The molecule has 1 atom stereocenters. The molecule has 3 aromatic rings. The molecule has 0 aliphatic carbocycles. The summed E-state index contributed by atoms with van der Waals surface area (Å²) < 4.78 is 7.32. The number of fused-ring (bicyclic) bond motifs is 1. The summed E-state index contributed by atoms with van der Waals surface area (Å²) in [6.45, 7) is 0. The smallest absolute Gasteiger partial charge is 0.278 e. The first kappa shape index (κ1) is 16.8. The zero-order valence-corrected chi connectivity index (χ0v) is 15.1. The van der Waals surface area contributed by atoms with Crippen LogP contribution < -0.4 is 10.1 Å². The largest absolute Gasteiger partial charge is 0.429 e. The maximum atomic E-state index is 12.7. The molecule has 0 fully saturated rings. The quantitative estimate of drug-likeness (QED) is 0.712. The first-order valence-corrected chi connectivity index (χ1v) is 9.25. The molecule has 1 aliphatic heterocycles. The minimum absolute atomic E-state index is 0.0609. The lowest BCUT2D eigenvalue weighted by atomic mass is 10.0. The van der Waals surface area contributed by atoms with Crippen LogP contribution in [0.1, 0.15) is 29.4 Å². The molecule has 6 nitrogen and oxygen atoms in total. The number of amides is 1. The van der Waals surface area contributed by atoms with Crippen LogP contribution in [0, 0.1) is 0 Å². The molecule has 0 spiro atoms. The first-order valence-electron chi connectivity index (χ1n) is 7.99. The minimum atomic E-state index is -0.414. The predicted octanol–water partition coefficient (Wildman–Crippen LogP) is 4.55. The number of ketones is 1. The van der Waals surface area contributed by atoms with Gasteiger partial charge in [0.1, 0.15) is 11.8 Å². The number of anilines is 1. The summed E-state index contributed by atoms with van der Waals surface area (Å²) in [5.74, 6) is 0.348. The van der Waals surface area contributed by atoms with Gasteiger partial charge in [-0.3, -0.25) is 9.59 Å². The second kappa shape index (κ2) is 6.93. The third-order valence-corrected chi connectivity index (χ3v) is 5.10. The van der Waals surface area contributed by atoms with Crippen molar-refractivity contribution < 1.29 is 14.3 Å². The van der Waals surface area contributed by atoms with Crippen molar-refractivity contribution in [3.05, 3.63) is 58.8 Å². The van der Waals surface area contributed by atoms with Gasteiger partial charge in [0, 0.05) is 29.9 Å². The normalized spacial score (nSPS) is 16.2. The fourth-order valence-electron chi connectivity index (χ4n) is 2.94. The molecule has 1 aliphatic rings. The van der Waals surface area contributed by atoms with Gasteiger partial charge < -0.3 is 14.6 Å². The van der Waals surface area contributed by atoms with Crippen LogP contribution in [-0.2, 0) is 4.79 Å². The Kier molecular flexibility index (Phi) is 4.48. The highest BCUT2D eigenvalue weighted by Crippen LogP contribution is 2.33. The van der Waals surface area contributed by atoms with E-state index in [-0.39, 0.29) is 11.7 Å². The van der Waals surface area contributed by atoms with Crippen molar-refractivity contribution in [3.8, 4) is 10.9 Å². The van der Waals surface area contributed by atoms with Crippen molar-refractivity contribution in [1.29, 1.82) is 0 Å². The summed E-state index contributed by atoms with van der Waals surface area (Å²) in [4.78, 5) is 28.6. The van der Waals surface area contributed by atoms with Crippen LogP contribution in [0.4, 0.5) is 5.69 Å². The first-order chi connectivity index (χ1) is 12.6. The zero-order chi connectivity index (χ0) is 18.1. The van der Waals surface area contributed by atoms with Crippen LogP contribution in [0.5, 0.6) is 10.9 Å². The predicted molar refractivity (Wildman–Crippen MR) is 99.3 cm³/mol. The third kappa shape index (κ3) is 3.23. The van der Waals surface area contributed by atoms with Gasteiger partial charge in [0.2, 0.25) is 5.91 Å². The highest BCUT2D eigenvalue weighted by Gasteiger charge is 2.29. The number of halogens is 1. The molecular formula is C18H14ClN3O3S. The number of benzene rings is 1. The van der Waals surface area contributed by atoms with E-state index in [9.17, 15) is 9.59 Å². The molecule has 132 valence electrons. The second-order valence-corrected chi connectivity index (χ2v) is 7.08. The molecule has 1 N–H and O–H groups in total. The number of Topliss-reactive ketones (excluding diaryl/α,β-unsaturated/α-hetero) is 1. The van der Waals surface area contributed by atoms with Crippen LogP contribution in [0.3, 0.4) is 0 Å². The van der Waals surface area contributed by atoms with Crippen molar-refractivity contribution in [3.63, 3.8) is 0 Å². The summed E-state index contributed by atoms with van der Waals surface area (Å²) in [6.07, 6.45) is 4.25. The lowest BCUT2D eigenvalue weighted by molar-refractivity contribution is -0.119. The van der Waals surface area contributed by atoms with E-state index < -0.39 is 6.04 Å². The van der Waals surface area contributed by atoms with E-state index in [1.165, 1.54) is 11.3 Å². The van der Waals surface area contributed by atoms with Crippen molar-refractivity contribution in [2.75, 3.05) is 5.32 Å². The number of thiazole rings is 1. The van der Waals surface area contributed by atoms with Crippen LogP contribution in [-0.4, -0.2) is 21.2 Å². The summed E-state index contributed by atoms with van der Waals surface area (Å²) in [7, 11) is 0. The summed E-state index contributed by atoms with van der Waals surface area (Å²) >= 11 is 7.61. The average Bonchev–Trinajstić information content (AvgIpc) is 3.29. The Hall–Kier alpha value is -2.64. The van der Waals surface area contributed by atoms with Crippen molar-refractivity contribution in [2.45, 2.75) is 18.9 Å². The Bertz CT molecular complexity index is 968. The topological polar surface area (TPSA) is 73.2 Å². The van der Waals surface area contributed by atoms with E-state index >= 15 is 0 Å². The molecular weight excluding hydrogens is 374 g/mol. The lowest BCUT2D eigenvalue weighted by Crippen LogP contribution is -2.31. The molecule has 1 amide bonds. The number of carbonyl (C=O) groups is 2. The molecule has 0 bridgehead atoms. The van der Waals surface area contributed by atoms with Gasteiger partial charge in [0.25, 0.3) is 5.19 Å². The number of ether oxygens (including phenoxy) is 1. The average molecular weight is 388 g/mol. The molecule has 8 heteroatoms.